The van der Waals surface area contributed by atoms with E-state index in [4.69, 9.17) is 4.74 Å². The molecule has 3 aromatic carbocycles. The third-order valence-electron chi connectivity index (χ3n) is 5.22. The first-order chi connectivity index (χ1) is 15.5. The number of phenols is 1. The summed E-state index contributed by atoms with van der Waals surface area (Å²) in [6.45, 7) is 5.28. The number of aryl methyl sites for hydroxylation is 1. The van der Waals surface area contributed by atoms with Gasteiger partial charge in [-0.3, -0.25) is 4.79 Å². The van der Waals surface area contributed by atoms with E-state index in [1.165, 1.54) is 0 Å². The lowest BCUT2D eigenvalue weighted by Crippen LogP contribution is -2.16. The van der Waals surface area contributed by atoms with Crippen LogP contribution in [0.3, 0.4) is 0 Å². The number of phenolic OH excluding ortho intramolecular Hbond substituents is 1. The molecule has 0 unspecified atom stereocenters. The molecular weight excluding hydrogens is 400 g/mol. The summed E-state index contributed by atoms with van der Waals surface area (Å²) in [4.78, 5) is 13.5. The minimum absolute atomic E-state index is 0.178. The number of hydrogen-bond acceptors (Lipinski definition) is 4. The zero-order chi connectivity index (χ0) is 22.9. The van der Waals surface area contributed by atoms with Crippen molar-refractivity contribution in [1.29, 1.82) is 0 Å². The number of rotatable bonds is 9. The number of likely N-dealkylation sites (N-methyl/N-ethyl adjacent to an activating group) is 1. The highest BCUT2D eigenvalue weighted by Crippen LogP contribution is 2.33. The van der Waals surface area contributed by atoms with Crippen molar-refractivity contribution in [2.45, 2.75) is 20.3 Å². The van der Waals surface area contributed by atoms with Gasteiger partial charge in [-0.25, -0.2) is 0 Å². The van der Waals surface area contributed by atoms with E-state index in [9.17, 15) is 9.90 Å². The lowest BCUT2D eigenvalue weighted by Gasteiger charge is -2.18. The predicted octanol–water partition coefficient (Wildman–Crippen LogP) is 5.26. The maximum Gasteiger partial charge on any atom is 0.256 e. The van der Waals surface area contributed by atoms with E-state index >= 15 is 0 Å². The van der Waals surface area contributed by atoms with Gasteiger partial charge in [0.05, 0.1) is 5.57 Å². The molecule has 1 amide bonds. The summed E-state index contributed by atoms with van der Waals surface area (Å²) in [6.07, 6.45) is 0.686. The van der Waals surface area contributed by atoms with Gasteiger partial charge in [0.1, 0.15) is 18.1 Å². The van der Waals surface area contributed by atoms with Crippen LogP contribution >= 0.6 is 0 Å². The van der Waals surface area contributed by atoms with Gasteiger partial charge < -0.3 is 20.5 Å². The van der Waals surface area contributed by atoms with Crippen molar-refractivity contribution >= 4 is 22.7 Å². The van der Waals surface area contributed by atoms with Crippen LogP contribution in [0, 0.1) is 6.92 Å². The fourth-order valence-electron chi connectivity index (χ4n) is 3.61. The average molecular weight is 431 g/mol. The van der Waals surface area contributed by atoms with Gasteiger partial charge in [-0.05, 0) is 79.1 Å². The topological polar surface area (TPSA) is 70.6 Å². The molecule has 3 aromatic rings. The number of nitrogens with one attached hydrogen (secondary N) is 2. The number of allylic oxidation sites excluding steroid dienone is 1. The molecule has 0 radical (unpaired) electrons. The number of carbonyl (C=O) groups excluding carboxylic acids is 1. The second kappa shape index (κ2) is 11.2. The Morgan fingerprint density at radius 1 is 1.00 bits per heavy atom. The van der Waals surface area contributed by atoms with E-state index in [-0.39, 0.29) is 11.7 Å². The van der Waals surface area contributed by atoms with Gasteiger partial charge in [0.15, 0.2) is 0 Å². The molecule has 166 valence electrons. The molecule has 32 heavy (non-hydrogen) atoms. The molecule has 0 atom stereocenters. The molecule has 3 rings (SSSR count). The van der Waals surface area contributed by atoms with E-state index in [0.717, 1.165) is 34.6 Å². The van der Waals surface area contributed by atoms with Crippen LogP contribution in [0.4, 0.5) is 5.69 Å². The van der Waals surface area contributed by atoms with Crippen molar-refractivity contribution in [3.05, 3.63) is 89.5 Å². The summed E-state index contributed by atoms with van der Waals surface area (Å²) in [6, 6.07) is 22.4. The molecule has 0 spiro atoms. The fourth-order valence-corrected chi connectivity index (χ4v) is 3.61. The Morgan fingerprint density at radius 3 is 2.34 bits per heavy atom. The van der Waals surface area contributed by atoms with Crippen LogP contribution in [0.15, 0.2) is 72.8 Å². The van der Waals surface area contributed by atoms with E-state index in [0.29, 0.717) is 24.3 Å². The average Bonchev–Trinajstić information content (AvgIpc) is 2.80. The molecule has 0 aliphatic rings. The van der Waals surface area contributed by atoms with Gasteiger partial charge in [-0.15, -0.1) is 0 Å². The quantitative estimate of drug-likeness (QED) is 0.246. The van der Waals surface area contributed by atoms with Crippen LogP contribution in [-0.4, -0.2) is 31.2 Å². The standard InChI is InChI=1S/C27H30N2O3/c1-4-24(20-8-6-5-7-9-20)26(25-15-12-22(30)18-19(25)2)27(31)29-21-10-13-23(14-11-21)32-17-16-28-3/h5-15,18,28,30H,4,16-17H2,1-3H3,(H,29,31)/b26-24+. The fraction of sp³-hybridized carbons (Fsp3) is 0.222. The molecule has 5 nitrogen and oxygen atoms in total. The molecule has 0 fully saturated rings. The molecular formula is C27H30N2O3. The highest BCUT2D eigenvalue weighted by atomic mass is 16.5. The molecule has 5 heteroatoms. The summed E-state index contributed by atoms with van der Waals surface area (Å²) < 4.78 is 5.66. The van der Waals surface area contributed by atoms with Crippen molar-refractivity contribution < 1.29 is 14.6 Å². The normalized spacial score (nSPS) is 11.6. The van der Waals surface area contributed by atoms with Gasteiger partial charge in [0, 0.05) is 12.2 Å². The Hall–Kier alpha value is -3.57. The van der Waals surface area contributed by atoms with Crippen LogP contribution in [-0.2, 0) is 4.79 Å². The van der Waals surface area contributed by atoms with Crippen LogP contribution in [0.1, 0.15) is 30.0 Å². The Balaban J connectivity index is 1.96. The third kappa shape index (κ3) is 5.77. The zero-order valence-electron chi connectivity index (χ0n) is 18.8. The second-order valence-electron chi connectivity index (χ2n) is 7.50. The van der Waals surface area contributed by atoms with Crippen LogP contribution < -0.4 is 15.4 Å². The SMILES string of the molecule is CC/C(=C(\C(=O)Nc1ccc(OCCNC)cc1)c1ccc(O)cc1C)c1ccccc1. The summed E-state index contributed by atoms with van der Waals surface area (Å²) >= 11 is 0. The first-order valence-corrected chi connectivity index (χ1v) is 10.8. The van der Waals surface area contributed by atoms with Crippen LogP contribution in [0.2, 0.25) is 0 Å². The number of ether oxygens (including phenoxy) is 1. The maximum absolute atomic E-state index is 13.5. The Bertz CT molecular complexity index is 1070. The third-order valence-corrected chi connectivity index (χ3v) is 5.22. The van der Waals surface area contributed by atoms with E-state index in [1.54, 1.807) is 18.2 Å². The van der Waals surface area contributed by atoms with Crippen molar-refractivity contribution in [3.63, 3.8) is 0 Å². The minimum Gasteiger partial charge on any atom is -0.508 e. The van der Waals surface area contributed by atoms with Crippen molar-refractivity contribution in [1.82, 2.24) is 5.32 Å². The largest absolute Gasteiger partial charge is 0.508 e. The van der Waals surface area contributed by atoms with E-state index < -0.39 is 0 Å². The van der Waals surface area contributed by atoms with E-state index in [2.05, 4.69) is 10.6 Å². The second-order valence-corrected chi connectivity index (χ2v) is 7.50. The molecule has 0 heterocycles. The van der Waals surface area contributed by atoms with E-state index in [1.807, 2.05) is 75.5 Å². The summed E-state index contributed by atoms with van der Waals surface area (Å²) in [5.74, 6) is 0.739. The number of aromatic hydroxyl groups is 1. The number of hydrogen-bond donors (Lipinski definition) is 3. The highest BCUT2D eigenvalue weighted by molar-refractivity contribution is 6.31. The van der Waals surface area contributed by atoms with Crippen LogP contribution in [0.25, 0.3) is 11.1 Å². The van der Waals surface area contributed by atoms with Gasteiger partial charge in [-0.2, -0.15) is 0 Å². The molecule has 0 saturated heterocycles. The molecule has 0 saturated carbocycles. The maximum atomic E-state index is 13.5. The number of anilines is 1. The van der Waals surface area contributed by atoms with Gasteiger partial charge >= 0.3 is 0 Å². The molecule has 3 N–H and O–H groups in total. The zero-order valence-corrected chi connectivity index (χ0v) is 18.8. The predicted molar refractivity (Wildman–Crippen MR) is 131 cm³/mol. The smallest absolute Gasteiger partial charge is 0.256 e. The van der Waals surface area contributed by atoms with Crippen molar-refractivity contribution in [3.8, 4) is 11.5 Å². The minimum atomic E-state index is -0.191. The number of benzene rings is 3. The number of amides is 1. The van der Waals surface area contributed by atoms with Crippen molar-refractivity contribution in [2.75, 3.05) is 25.5 Å². The Kier molecular flexibility index (Phi) is 8.06. The van der Waals surface area contributed by atoms with Gasteiger partial charge in [0.2, 0.25) is 0 Å². The van der Waals surface area contributed by atoms with Crippen molar-refractivity contribution in [2.24, 2.45) is 0 Å². The number of carbonyl (C=O) groups is 1. The summed E-state index contributed by atoms with van der Waals surface area (Å²) in [7, 11) is 1.88. The lowest BCUT2D eigenvalue weighted by atomic mass is 9.90. The Labute approximate surface area is 189 Å². The molecule has 0 aromatic heterocycles. The first-order valence-electron chi connectivity index (χ1n) is 10.8. The highest BCUT2D eigenvalue weighted by Gasteiger charge is 2.20. The monoisotopic (exact) mass is 430 g/mol. The van der Waals surface area contributed by atoms with Crippen LogP contribution in [0.5, 0.6) is 11.5 Å². The molecule has 0 aliphatic heterocycles. The summed E-state index contributed by atoms with van der Waals surface area (Å²) in [5, 5.41) is 15.9. The summed E-state index contributed by atoms with van der Waals surface area (Å²) in [5.41, 5.74) is 4.88. The first kappa shape index (κ1) is 23.1. The lowest BCUT2D eigenvalue weighted by molar-refractivity contribution is -0.111. The van der Waals surface area contributed by atoms with Gasteiger partial charge in [0.25, 0.3) is 5.91 Å². The molecule has 0 aliphatic carbocycles. The molecule has 0 bridgehead atoms. The Morgan fingerprint density at radius 2 is 1.72 bits per heavy atom. The van der Waals surface area contributed by atoms with Gasteiger partial charge in [-0.1, -0.05) is 43.3 Å².